The Bertz CT molecular complexity index is 700. The SMILES string of the molecule is Cn1cc(C(N)C(=O)Nc2cc([N+](=O)[O-])ccc2F)cn1. The highest BCUT2D eigenvalue weighted by Crippen LogP contribution is 2.22. The summed E-state index contributed by atoms with van der Waals surface area (Å²) >= 11 is 0. The van der Waals surface area contributed by atoms with Gasteiger partial charge in [-0.3, -0.25) is 19.6 Å². The van der Waals surface area contributed by atoms with Crippen LogP contribution in [0.15, 0.2) is 30.6 Å². The maximum absolute atomic E-state index is 13.6. The van der Waals surface area contributed by atoms with E-state index < -0.39 is 22.7 Å². The highest BCUT2D eigenvalue weighted by Gasteiger charge is 2.20. The Morgan fingerprint density at radius 3 is 2.86 bits per heavy atom. The number of halogens is 1. The third-order valence-electron chi connectivity index (χ3n) is 2.79. The first-order chi connectivity index (χ1) is 9.88. The number of hydrogen-bond donors (Lipinski definition) is 2. The molecular weight excluding hydrogens is 281 g/mol. The number of anilines is 1. The van der Waals surface area contributed by atoms with Crippen molar-refractivity contribution >= 4 is 17.3 Å². The first-order valence-corrected chi connectivity index (χ1v) is 5.87. The Labute approximate surface area is 118 Å². The molecule has 3 N–H and O–H groups in total. The minimum absolute atomic E-state index is 0.298. The molecule has 0 saturated heterocycles. The summed E-state index contributed by atoms with van der Waals surface area (Å²) < 4.78 is 15.0. The molecule has 2 rings (SSSR count). The fraction of sp³-hybridized carbons (Fsp3) is 0.167. The Morgan fingerprint density at radius 2 is 2.29 bits per heavy atom. The van der Waals surface area contributed by atoms with Gasteiger partial charge in [0, 0.05) is 30.9 Å². The van der Waals surface area contributed by atoms with Gasteiger partial charge in [0.15, 0.2) is 0 Å². The molecule has 0 aliphatic heterocycles. The van der Waals surface area contributed by atoms with Crippen molar-refractivity contribution in [2.24, 2.45) is 12.8 Å². The summed E-state index contributed by atoms with van der Waals surface area (Å²) in [5.41, 5.74) is 5.54. The van der Waals surface area contributed by atoms with Gasteiger partial charge < -0.3 is 11.1 Å². The van der Waals surface area contributed by atoms with Crippen molar-refractivity contribution in [3.05, 3.63) is 52.1 Å². The van der Waals surface area contributed by atoms with Gasteiger partial charge in [-0.15, -0.1) is 0 Å². The van der Waals surface area contributed by atoms with E-state index in [2.05, 4.69) is 10.4 Å². The van der Waals surface area contributed by atoms with Crippen molar-refractivity contribution in [1.82, 2.24) is 9.78 Å². The molecule has 1 amide bonds. The van der Waals surface area contributed by atoms with Crippen molar-refractivity contribution in [3.63, 3.8) is 0 Å². The molecule has 0 fully saturated rings. The zero-order chi connectivity index (χ0) is 15.6. The number of carbonyl (C=O) groups is 1. The standard InChI is InChI=1S/C12H12FN5O3/c1-17-6-7(5-15-17)11(14)12(19)16-10-4-8(18(20)21)2-3-9(10)13/h2-6,11H,14H2,1H3,(H,16,19). The van der Waals surface area contributed by atoms with Crippen LogP contribution >= 0.6 is 0 Å². The van der Waals surface area contributed by atoms with Gasteiger partial charge >= 0.3 is 0 Å². The summed E-state index contributed by atoms with van der Waals surface area (Å²) in [5.74, 6) is -1.48. The third-order valence-corrected chi connectivity index (χ3v) is 2.79. The average Bonchev–Trinajstić information content (AvgIpc) is 2.86. The fourth-order valence-electron chi connectivity index (χ4n) is 1.69. The molecule has 2 aromatic rings. The minimum atomic E-state index is -1.06. The van der Waals surface area contributed by atoms with E-state index >= 15 is 0 Å². The molecule has 0 saturated carbocycles. The fourth-order valence-corrected chi connectivity index (χ4v) is 1.69. The number of nitro groups is 1. The lowest BCUT2D eigenvalue weighted by Gasteiger charge is -2.11. The molecule has 1 atom stereocenters. The average molecular weight is 293 g/mol. The molecule has 21 heavy (non-hydrogen) atoms. The second-order valence-electron chi connectivity index (χ2n) is 4.34. The van der Waals surface area contributed by atoms with Gasteiger partial charge in [-0.1, -0.05) is 0 Å². The number of non-ortho nitro benzene ring substituents is 1. The van der Waals surface area contributed by atoms with E-state index in [0.717, 1.165) is 18.2 Å². The number of rotatable bonds is 4. The molecule has 8 nitrogen and oxygen atoms in total. The number of nitrogens with one attached hydrogen (secondary N) is 1. The monoisotopic (exact) mass is 293 g/mol. The lowest BCUT2D eigenvalue weighted by Crippen LogP contribution is -2.27. The number of nitrogens with zero attached hydrogens (tertiary/aromatic N) is 3. The number of amides is 1. The smallest absolute Gasteiger partial charge is 0.271 e. The van der Waals surface area contributed by atoms with E-state index in [1.807, 2.05) is 0 Å². The number of aromatic nitrogens is 2. The number of carbonyl (C=O) groups excluding carboxylic acids is 1. The number of aryl methyl sites for hydroxylation is 1. The first-order valence-electron chi connectivity index (χ1n) is 5.87. The molecule has 0 aliphatic carbocycles. The van der Waals surface area contributed by atoms with Crippen LogP contribution < -0.4 is 11.1 Å². The molecule has 9 heteroatoms. The van der Waals surface area contributed by atoms with Crippen LogP contribution in [-0.4, -0.2) is 20.6 Å². The maximum Gasteiger partial charge on any atom is 0.271 e. The van der Waals surface area contributed by atoms with E-state index in [0.29, 0.717) is 5.56 Å². The quantitative estimate of drug-likeness (QED) is 0.647. The Hall–Kier alpha value is -2.81. The van der Waals surface area contributed by atoms with E-state index in [1.54, 1.807) is 13.2 Å². The molecule has 1 unspecified atom stereocenters. The first kappa shape index (κ1) is 14.6. The molecule has 110 valence electrons. The van der Waals surface area contributed by atoms with Crippen molar-refractivity contribution in [1.29, 1.82) is 0 Å². The van der Waals surface area contributed by atoms with Gasteiger partial charge in [0.2, 0.25) is 5.91 Å². The zero-order valence-electron chi connectivity index (χ0n) is 11.0. The van der Waals surface area contributed by atoms with Gasteiger partial charge in [0.05, 0.1) is 16.8 Å². The van der Waals surface area contributed by atoms with Crippen molar-refractivity contribution in [2.75, 3.05) is 5.32 Å². The molecule has 1 heterocycles. The Balaban J connectivity index is 2.19. The lowest BCUT2D eigenvalue weighted by atomic mass is 10.1. The lowest BCUT2D eigenvalue weighted by molar-refractivity contribution is -0.384. The zero-order valence-corrected chi connectivity index (χ0v) is 11.0. The Kier molecular flexibility index (Phi) is 3.94. The van der Waals surface area contributed by atoms with Gasteiger partial charge in [-0.05, 0) is 6.07 Å². The summed E-state index contributed by atoms with van der Waals surface area (Å²) in [6.07, 6.45) is 2.96. The van der Waals surface area contributed by atoms with Crippen molar-refractivity contribution in [3.8, 4) is 0 Å². The third kappa shape index (κ3) is 3.20. The second-order valence-corrected chi connectivity index (χ2v) is 4.34. The van der Waals surface area contributed by atoms with Crippen LogP contribution in [0.5, 0.6) is 0 Å². The van der Waals surface area contributed by atoms with Gasteiger partial charge in [0.1, 0.15) is 11.9 Å². The van der Waals surface area contributed by atoms with Crippen LogP contribution in [0.3, 0.4) is 0 Å². The number of benzene rings is 1. The Morgan fingerprint density at radius 1 is 1.57 bits per heavy atom. The molecule has 1 aromatic heterocycles. The van der Waals surface area contributed by atoms with Gasteiger partial charge in [0.25, 0.3) is 5.69 Å². The summed E-state index contributed by atoms with van der Waals surface area (Å²) in [6.45, 7) is 0. The molecular formula is C12H12FN5O3. The van der Waals surface area contributed by atoms with E-state index in [9.17, 15) is 19.3 Å². The highest BCUT2D eigenvalue weighted by molar-refractivity contribution is 5.95. The number of nitrogens with two attached hydrogens (primary N) is 1. The predicted molar refractivity (Wildman–Crippen MR) is 71.8 cm³/mol. The highest BCUT2D eigenvalue weighted by atomic mass is 19.1. The number of nitro benzene ring substituents is 1. The maximum atomic E-state index is 13.6. The van der Waals surface area contributed by atoms with Crippen LogP contribution in [-0.2, 0) is 11.8 Å². The molecule has 1 aromatic carbocycles. The normalized spacial score (nSPS) is 12.0. The van der Waals surface area contributed by atoms with Gasteiger partial charge in [-0.25, -0.2) is 4.39 Å². The van der Waals surface area contributed by atoms with Crippen LogP contribution in [0.2, 0.25) is 0 Å². The predicted octanol–water partition coefficient (Wildman–Crippen LogP) is 1.11. The van der Waals surface area contributed by atoms with Crippen molar-refractivity contribution < 1.29 is 14.1 Å². The molecule has 0 bridgehead atoms. The van der Waals surface area contributed by atoms with Crippen LogP contribution in [0.4, 0.5) is 15.8 Å². The largest absolute Gasteiger partial charge is 0.322 e. The second kappa shape index (κ2) is 5.67. The minimum Gasteiger partial charge on any atom is -0.322 e. The van der Waals surface area contributed by atoms with Crippen LogP contribution in [0.25, 0.3) is 0 Å². The van der Waals surface area contributed by atoms with Crippen molar-refractivity contribution in [2.45, 2.75) is 6.04 Å². The number of hydrogen-bond acceptors (Lipinski definition) is 5. The van der Waals surface area contributed by atoms with E-state index in [1.165, 1.54) is 10.9 Å². The van der Waals surface area contributed by atoms with Gasteiger partial charge in [-0.2, -0.15) is 5.10 Å². The molecule has 0 spiro atoms. The summed E-state index contributed by atoms with van der Waals surface area (Å²) in [5, 5.41) is 16.8. The van der Waals surface area contributed by atoms with E-state index in [4.69, 9.17) is 5.73 Å². The summed E-state index contributed by atoms with van der Waals surface area (Å²) in [4.78, 5) is 21.9. The summed E-state index contributed by atoms with van der Waals surface area (Å²) in [6, 6.07) is 1.79. The van der Waals surface area contributed by atoms with Crippen LogP contribution in [0.1, 0.15) is 11.6 Å². The van der Waals surface area contributed by atoms with Crippen LogP contribution in [0, 0.1) is 15.9 Å². The molecule has 0 radical (unpaired) electrons. The summed E-state index contributed by atoms with van der Waals surface area (Å²) in [7, 11) is 1.66. The topological polar surface area (TPSA) is 116 Å². The molecule has 0 aliphatic rings. The van der Waals surface area contributed by atoms with E-state index in [-0.39, 0.29) is 11.4 Å².